The Morgan fingerprint density at radius 1 is 1.54 bits per heavy atom. The van der Waals surface area contributed by atoms with Crippen molar-refractivity contribution in [2.45, 2.75) is 50.1 Å². The summed E-state index contributed by atoms with van der Waals surface area (Å²) in [7, 11) is -1.37. The first-order chi connectivity index (χ1) is 11.3. The molecular weight excluding hydrogens is 329 g/mol. The van der Waals surface area contributed by atoms with E-state index in [2.05, 4.69) is 5.32 Å². The van der Waals surface area contributed by atoms with Crippen LogP contribution in [0.5, 0.6) is 0 Å². The summed E-state index contributed by atoms with van der Waals surface area (Å²) in [4.78, 5) is 11.1. The molecule has 7 heteroatoms. The van der Waals surface area contributed by atoms with Gasteiger partial charge in [0.05, 0.1) is 26.2 Å². The van der Waals surface area contributed by atoms with E-state index in [-0.39, 0.29) is 12.2 Å². The van der Waals surface area contributed by atoms with Crippen molar-refractivity contribution in [2.75, 3.05) is 13.2 Å². The maximum atomic E-state index is 11.6. The van der Waals surface area contributed by atoms with Gasteiger partial charge in [0.25, 0.3) is 0 Å². The number of hydrogen-bond donors (Lipinski definition) is 3. The van der Waals surface area contributed by atoms with Gasteiger partial charge < -0.3 is 24.8 Å². The summed E-state index contributed by atoms with van der Waals surface area (Å²) in [5.74, 6) is -0.973. The Morgan fingerprint density at radius 3 is 2.83 bits per heavy atom. The van der Waals surface area contributed by atoms with Gasteiger partial charge in [0.1, 0.15) is 11.4 Å². The number of morpholine rings is 1. The number of nitrogens with one attached hydrogen (secondary N) is 1. The van der Waals surface area contributed by atoms with E-state index in [1.54, 1.807) is 18.2 Å². The van der Waals surface area contributed by atoms with Gasteiger partial charge in [-0.2, -0.15) is 0 Å². The number of carboxylic acids is 1. The maximum Gasteiger partial charge on any atom is 0.335 e. The molecule has 1 aliphatic heterocycles. The van der Waals surface area contributed by atoms with Crippen molar-refractivity contribution in [2.24, 2.45) is 0 Å². The fourth-order valence-electron chi connectivity index (χ4n) is 2.95. The molecule has 0 aliphatic carbocycles. The third kappa shape index (κ3) is 4.06. The van der Waals surface area contributed by atoms with Crippen LogP contribution >= 0.6 is 8.46 Å². The number of unbranched alkanes of at least 4 members (excludes halogenated alkanes) is 1. The summed E-state index contributed by atoms with van der Waals surface area (Å²) < 4.78 is 17.4. The van der Waals surface area contributed by atoms with Crippen molar-refractivity contribution in [3.05, 3.63) is 35.4 Å². The molecule has 1 aromatic carbocycles. The minimum absolute atomic E-state index is 0.223. The van der Waals surface area contributed by atoms with E-state index < -0.39 is 31.4 Å². The highest BCUT2D eigenvalue weighted by Gasteiger charge is 2.42. The molecular formula is C17H26NO5P. The summed E-state index contributed by atoms with van der Waals surface area (Å²) in [5, 5.41) is 21.8. The molecule has 24 heavy (non-hydrogen) atoms. The third-order valence-corrected chi connectivity index (χ3v) is 5.76. The molecule has 0 saturated carbocycles. The summed E-state index contributed by atoms with van der Waals surface area (Å²) in [6.45, 7) is 4.59. The van der Waals surface area contributed by atoms with E-state index >= 15 is 0 Å². The molecule has 1 aliphatic rings. The SMILES string of the molecule is CCCCC(O)([PH2]=O)[C@@H]1CN[C@](C)(c2cccc(C(=O)O)c2)CO1. The molecule has 134 valence electrons. The van der Waals surface area contributed by atoms with E-state index in [0.29, 0.717) is 13.0 Å². The Bertz CT molecular complexity index is 600. The lowest BCUT2D eigenvalue weighted by Crippen LogP contribution is -2.58. The maximum absolute atomic E-state index is 11.6. The van der Waals surface area contributed by atoms with Gasteiger partial charge in [0.2, 0.25) is 0 Å². The van der Waals surface area contributed by atoms with Crippen molar-refractivity contribution >= 4 is 14.4 Å². The van der Waals surface area contributed by atoms with Gasteiger partial charge in [-0.05, 0) is 31.0 Å². The molecule has 0 bridgehead atoms. The lowest BCUT2D eigenvalue weighted by atomic mass is 9.89. The number of carbonyl (C=O) groups is 1. The minimum Gasteiger partial charge on any atom is -0.478 e. The van der Waals surface area contributed by atoms with Gasteiger partial charge in [0.15, 0.2) is 0 Å². The molecule has 1 aromatic rings. The van der Waals surface area contributed by atoms with E-state index in [0.717, 1.165) is 18.4 Å². The molecule has 4 atom stereocenters. The van der Waals surface area contributed by atoms with Gasteiger partial charge in [-0.15, -0.1) is 0 Å². The third-order valence-electron chi connectivity index (χ3n) is 4.69. The lowest BCUT2D eigenvalue weighted by Gasteiger charge is -2.43. The fourth-order valence-corrected chi connectivity index (χ4v) is 3.64. The topological polar surface area (TPSA) is 95.9 Å². The molecule has 1 heterocycles. The Hall–Kier alpha value is -1.20. The first-order valence-corrected chi connectivity index (χ1v) is 9.28. The van der Waals surface area contributed by atoms with Crippen LogP contribution in [0.1, 0.15) is 49.0 Å². The number of aromatic carboxylic acids is 1. The zero-order valence-electron chi connectivity index (χ0n) is 14.1. The van der Waals surface area contributed by atoms with Gasteiger partial charge in [0, 0.05) is 6.54 Å². The van der Waals surface area contributed by atoms with Gasteiger partial charge in [-0.1, -0.05) is 31.9 Å². The second kappa shape index (κ2) is 7.79. The van der Waals surface area contributed by atoms with Gasteiger partial charge in [-0.25, -0.2) is 4.79 Å². The van der Waals surface area contributed by atoms with Crippen molar-refractivity contribution in [3.63, 3.8) is 0 Å². The van der Waals surface area contributed by atoms with Crippen LogP contribution in [0.25, 0.3) is 0 Å². The number of hydrogen-bond acceptors (Lipinski definition) is 5. The van der Waals surface area contributed by atoms with Crippen molar-refractivity contribution in [1.29, 1.82) is 0 Å². The summed E-state index contributed by atoms with van der Waals surface area (Å²) >= 11 is 0. The standard InChI is InChI=1S/C17H26NO5P/c1-3-4-8-17(21,24-22)14-10-18-16(2,11-23-14)13-7-5-6-12(9-13)15(19)20/h5-7,9,14,18,21H,3-4,8,10-11,24H2,1-2H3,(H,19,20)/t14-,16-,17?/m0/s1. The number of aliphatic hydroxyl groups is 1. The largest absolute Gasteiger partial charge is 0.478 e. The zero-order chi connectivity index (χ0) is 17.8. The second-order valence-electron chi connectivity index (χ2n) is 6.61. The molecule has 0 radical (unpaired) electrons. The highest BCUT2D eigenvalue weighted by Crippen LogP contribution is 2.35. The number of benzene rings is 1. The first-order valence-electron chi connectivity index (χ1n) is 8.24. The first kappa shape index (κ1) is 19.1. The van der Waals surface area contributed by atoms with Crippen molar-refractivity contribution in [1.82, 2.24) is 5.32 Å². The molecule has 6 nitrogen and oxygen atoms in total. The van der Waals surface area contributed by atoms with Crippen molar-refractivity contribution in [3.8, 4) is 0 Å². The quantitative estimate of drug-likeness (QED) is 0.649. The second-order valence-corrected chi connectivity index (χ2v) is 7.85. The molecule has 1 fully saturated rings. The monoisotopic (exact) mass is 355 g/mol. The fraction of sp³-hybridized carbons (Fsp3) is 0.588. The summed E-state index contributed by atoms with van der Waals surface area (Å²) in [6, 6.07) is 6.73. The lowest BCUT2D eigenvalue weighted by molar-refractivity contribution is -0.106. The van der Waals surface area contributed by atoms with Crippen LogP contribution in [0.15, 0.2) is 24.3 Å². The van der Waals surface area contributed by atoms with E-state index in [9.17, 15) is 14.5 Å². The van der Waals surface area contributed by atoms with Crippen LogP contribution in [0, 0.1) is 0 Å². The highest BCUT2D eigenvalue weighted by atomic mass is 31.1. The smallest absolute Gasteiger partial charge is 0.335 e. The molecule has 0 amide bonds. The predicted molar refractivity (Wildman–Crippen MR) is 93.4 cm³/mol. The normalized spacial score (nSPS) is 27.2. The Morgan fingerprint density at radius 2 is 2.29 bits per heavy atom. The summed E-state index contributed by atoms with van der Waals surface area (Å²) in [6.07, 6.45) is 1.65. The number of rotatable bonds is 7. The van der Waals surface area contributed by atoms with Crippen molar-refractivity contribution < 1.29 is 24.3 Å². The van der Waals surface area contributed by atoms with Gasteiger partial charge >= 0.3 is 5.97 Å². The van der Waals surface area contributed by atoms with Crippen LogP contribution in [-0.2, 0) is 14.8 Å². The highest BCUT2D eigenvalue weighted by molar-refractivity contribution is 7.25. The van der Waals surface area contributed by atoms with Crippen LogP contribution < -0.4 is 5.32 Å². The molecule has 0 aromatic heterocycles. The van der Waals surface area contributed by atoms with Crippen LogP contribution in [0.3, 0.4) is 0 Å². The average Bonchev–Trinajstić information content (AvgIpc) is 2.60. The Kier molecular flexibility index (Phi) is 6.21. The zero-order valence-corrected chi connectivity index (χ0v) is 15.3. The molecule has 0 spiro atoms. The number of ether oxygens (including phenoxy) is 1. The Balaban J connectivity index is 2.11. The predicted octanol–water partition coefficient (Wildman–Crippen LogP) is 2.22. The summed E-state index contributed by atoms with van der Waals surface area (Å²) in [5.41, 5.74) is 0.486. The van der Waals surface area contributed by atoms with Crippen LogP contribution in [0.4, 0.5) is 0 Å². The molecule has 2 unspecified atom stereocenters. The van der Waals surface area contributed by atoms with Crippen LogP contribution in [0.2, 0.25) is 0 Å². The molecule has 2 rings (SSSR count). The van der Waals surface area contributed by atoms with E-state index in [4.69, 9.17) is 9.84 Å². The van der Waals surface area contributed by atoms with Gasteiger partial charge in [-0.3, -0.25) is 0 Å². The van der Waals surface area contributed by atoms with E-state index in [1.807, 2.05) is 19.9 Å². The van der Waals surface area contributed by atoms with E-state index in [1.165, 1.54) is 0 Å². The minimum atomic E-state index is -1.37. The molecule has 1 saturated heterocycles. The van der Waals surface area contributed by atoms with Crippen LogP contribution in [-0.4, -0.2) is 40.8 Å². The molecule has 3 N–H and O–H groups in total. The number of carboxylic acid groups (broad SMARTS) is 1. The Labute approximate surface area is 143 Å². The average molecular weight is 355 g/mol.